The van der Waals surface area contributed by atoms with Crippen LogP contribution in [0.1, 0.15) is 17.7 Å². The van der Waals surface area contributed by atoms with Crippen LogP contribution in [0.2, 0.25) is 5.02 Å². The third kappa shape index (κ3) is 6.83. The lowest BCUT2D eigenvalue weighted by Gasteiger charge is -2.13. The highest BCUT2D eigenvalue weighted by Crippen LogP contribution is 2.36. The Hall–Kier alpha value is -3.52. The molecule has 0 radical (unpaired) electrons. The van der Waals surface area contributed by atoms with Crippen LogP contribution in [0.3, 0.4) is 0 Å². The summed E-state index contributed by atoms with van der Waals surface area (Å²) in [6, 6.07) is 6.77. The Labute approximate surface area is 213 Å². The zero-order valence-corrected chi connectivity index (χ0v) is 20.7. The van der Waals surface area contributed by atoms with Gasteiger partial charge in [0.05, 0.1) is 28.1 Å². The molecule has 8 nitrogen and oxygen atoms in total. The first-order valence-corrected chi connectivity index (χ1v) is 12.1. The fourth-order valence-electron chi connectivity index (χ4n) is 3.16. The van der Waals surface area contributed by atoms with Crippen LogP contribution in [0, 0.1) is 0 Å². The molecule has 0 aliphatic heterocycles. The number of carbonyl (C=O) groups excluding carboxylic acids is 1. The van der Waals surface area contributed by atoms with Crippen molar-refractivity contribution in [2.45, 2.75) is 24.0 Å². The minimum absolute atomic E-state index is 0.0123. The number of hydrogen-bond donors (Lipinski definition) is 1. The summed E-state index contributed by atoms with van der Waals surface area (Å²) in [5, 5.41) is 5.28. The third-order valence-electron chi connectivity index (χ3n) is 4.81. The molecule has 3 aromatic rings. The summed E-state index contributed by atoms with van der Waals surface area (Å²) >= 11 is 5.84. The number of benzene rings is 2. The van der Waals surface area contributed by atoms with E-state index in [1.165, 1.54) is 37.2 Å². The molecule has 198 valence electrons. The van der Waals surface area contributed by atoms with E-state index < -0.39 is 50.6 Å². The van der Waals surface area contributed by atoms with Crippen LogP contribution in [0.25, 0.3) is 11.1 Å². The number of rotatable bonds is 8. The van der Waals surface area contributed by atoms with Crippen LogP contribution < -0.4 is 5.32 Å². The molecule has 0 bridgehead atoms. The van der Waals surface area contributed by atoms with Gasteiger partial charge in [-0.3, -0.25) is 4.79 Å². The first-order valence-electron chi connectivity index (χ1n) is 10.3. The first-order chi connectivity index (χ1) is 17.2. The maximum Gasteiger partial charge on any atom is 0.417 e. The highest BCUT2D eigenvalue weighted by atomic mass is 35.5. The second-order valence-corrected chi connectivity index (χ2v) is 9.84. The SMILES string of the molecule is CN(C)C=NS(=O)(=O)c1cc(NC(=O)Cc2cccc(C(F)(F)F)c2Cl)ccc1-c1cnn(C(F)F)c1. The van der Waals surface area contributed by atoms with Crippen molar-refractivity contribution in [2.24, 2.45) is 4.40 Å². The summed E-state index contributed by atoms with van der Waals surface area (Å²) in [4.78, 5) is 13.5. The van der Waals surface area contributed by atoms with Crippen LogP contribution in [0.4, 0.5) is 27.6 Å². The van der Waals surface area contributed by atoms with Crippen molar-refractivity contribution in [3.8, 4) is 11.1 Å². The van der Waals surface area contributed by atoms with Crippen molar-refractivity contribution in [1.82, 2.24) is 14.7 Å². The van der Waals surface area contributed by atoms with Gasteiger partial charge in [0.1, 0.15) is 6.34 Å². The number of aromatic nitrogens is 2. The molecule has 0 spiro atoms. The maximum absolute atomic E-state index is 13.1. The molecular formula is C22H19ClF5N5O3S. The predicted molar refractivity (Wildman–Crippen MR) is 127 cm³/mol. The summed E-state index contributed by atoms with van der Waals surface area (Å²) in [7, 11) is -1.33. The minimum atomic E-state index is -4.71. The van der Waals surface area contributed by atoms with Crippen LogP contribution in [0.15, 0.2) is 58.1 Å². The molecule has 0 atom stereocenters. The van der Waals surface area contributed by atoms with Crippen molar-refractivity contribution in [1.29, 1.82) is 0 Å². The molecule has 1 heterocycles. The van der Waals surface area contributed by atoms with Gasteiger partial charge in [-0.2, -0.15) is 35.5 Å². The lowest BCUT2D eigenvalue weighted by Crippen LogP contribution is -2.16. The normalized spacial score (nSPS) is 12.4. The van der Waals surface area contributed by atoms with Gasteiger partial charge in [-0.25, -0.2) is 4.68 Å². The molecule has 1 N–H and O–H groups in total. The number of nitrogens with one attached hydrogen (secondary N) is 1. The topological polar surface area (TPSA) is 96.7 Å². The fourth-order valence-corrected chi connectivity index (χ4v) is 4.63. The molecule has 2 aromatic carbocycles. The molecule has 1 aromatic heterocycles. The van der Waals surface area contributed by atoms with Gasteiger partial charge in [-0.05, 0) is 23.8 Å². The quantitative estimate of drug-likeness (QED) is 0.234. The van der Waals surface area contributed by atoms with Crippen LogP contribution >= 0.6 is 11.6 Å². The van der Waals surface area contributed by atoms with Crippen molar-refractivity contribution >= 4 is 39.6 Å². The molecule has 37 heavy (non-hydrogen) atoms. The number of halogens is 6. The van der Waals surface area contributed by atoms with E-state index in [2.05, 4.69) is 14.8 Å². The Kier molecular flexibility index (Phi) is 8.22. The molecule has 0 aliphatic carbocycles. The Balaban J connectivity index is 1.97. The van der Waals surface area contributed by atoms with Crippen LogP contribution in [-0.2, 0) is 27.4 Å². The summed E-state index contributed by atoms with van der Waals surface area (Å²) in [6.45, 7) is -2.96. The first kappa shape index (κ1) is 28.1. The van der Waals surface area contributed by atoms with E-state index in [-0.39, 0.29) is 22.4 Å². The number of sulfonamides is 1. The largest absolute Gasteiger partial charge is 0.417 e. The highest BCUT2D eigenvalue weighted by Gasteiger charge is 2.34. The number of anilines is 1. The Morgan fingerprint density at radius 2 is 1.95 bits per heavy atom. The van der Waals surface area contributed by atoms with Gasteiger partial charge in [0.2, 0.25) is 5.91 Å². The van der Waals surface area contributed by atoms with Crippen molar-refractivity contribution in [2.75, 3.05) is 19.4 Å². The van der Waals surface area contributed by atoms with Gasteiger partial charge < -0.3 is 10.2 Å². The number of alkyl halides is 5. The Morgan fingerprint density at radius 1 is 1.24 bits per heavy atom. The molecule has 3 rings (SSSR count). The van der Waals surface area contributed by atoms with Crippen LogP contribution in [0.5, 0.6) is 0 Å². The van der Waals surface area contributed by atoms with Gasteiger partial charge in [0.15, 0.2) is 0 Å². The van der Waals surface area contributed by atoms with Gasteiger partial charge in [0.25, 0.3) is 10.0 Å². The molecule has 15 heteroatoms. The predicted octanol–water partition coefficient (Wildman–Crippen LogP) is 5.08. The third-order valence-corrected chi connectivity index (χ3v) is 6.52. The molecule has 0 fully saturated rings. The number of hydrogen-bond acceptors (Lipinski definition) is 4. The minimum Gasteiger partial charge on any atom is -0.368 e. The van der Waals surface area contributed by atoms with Gasteiger partial charge in [-0.1, -0.05) is 29.8 Å². The Morgan fingerprint density at radius 3 is 2.54 bits per heavy atom. The average molecular weight is 564 g/mol. The monoisotopic (exact) mass is 563 g/mol. The van der Waals surface area contributed by atoms with Gasteiger partial charge in [-0.15, -0.1) is 4.40 Å². The summed E-state index contributed by atoms with van der Waals surface area (Å²) in [6.07, 6.45) is -2.24. The number of carbonyl (C=O) groups is 1. The van der Waals surface area contributed by atoms with E-state index in [1.807, 2.05) is 0 Å². The van der Waals surface area contributed by atoms with E-state index >= 15 is 0 Å². The van der Waals surface area contributed by atoms with Gasteiger partial charge in [0, 0.05) is 37.1 Å². The molecule has 0 aliphatic rings. The fraction of sp³-hybridized carbons (Fsp3) is 0.227. The van der Waals surface area contributed by atoms with Crippen molar-refractivity contribution in [3.05, 3.63) is 64.9 Å². The maximum atomic E-state index is 13.1. The average Bonchev–Trinajstić information content (AvgIpc) is 3.29. The van der Waals surface area contributed by atoms with Crippen LogP contribution in [-0.4, -0.2) is 49.4 Å². The molecule has 1 amide bonds. The van der Waals surface area contributed by atoms with E-state index in [0.29, 0.717) is 4.68 Å². The summed E-state index contributed by atoms with van der Waals surface area (Å²) in [5.41, 5.74) is -1.18. The van der Waals surface area contributed by atoms with E-state index in [4.69, 9.17) is 11.6 Å². The zero-order valence-electron chi connectivity index (χ0n) is 19.2. The lowest BCUT2D eigenvalue weighted by atomic mass is 10.1. The zero-order chi connectivity index (χ0) is 27.5. The molecule has 0 saturated heterocycles. The van der Waals surface area contributed by atoms with E-state index in [9.17, 15) is 35.2 Å². The van der Waals surface area contributed by atoms with E-state index in [0.717, 1.165) is 36.9 Å². The molecular weight excluding hydrogens is 545 g/mol. The molecule has 0 saturated carbocycles. The lowest BCUT2D eigenvalue weighted by molar-refractivity contribution is -0.137. The Bertz CT molecular complexity index is 1440. The van der Waals surface area contributed by atoms with Crippen molar-refractivity contribution in [3.63, 3.8) is 0 Å². The number of nitrogens with zero attached hydrogens (tertiary/aromatic N) is 4. The standard InChI is InChI=1S/C22H19ClF5N5O3S/c1-32(2)12-30-37(35,36)18-9-15(6-7-16(18)14-10-29-33(11-14)21(24)25)31-19(34)8-13-4-3-5-17(20(13)23)22(26,27)28/h3-7,9-12,21H,8H2,1-2H3,(H,31,34). The smallest absolute Gasteiger partial charge is 0.368 e. The van der Waals surface area contributed by atoms with Gasteiger partial charge >= 0.3 is 12.7 Å². The number of amides is 1. The summed E-state index contributed by atoms with van der Waals surface area (Å²) < 4.78 is 95.0. The van der Waals surface area contributed by atoms with E-state index in [1.54, 1.807) is 0 Å². The second kappa shape index (κ2) is 10.8. The second-order valence-electron chi connectivity index (χ2n) is 7.86. The summed E-state index contributed by atoms with van der Waals surface area (Å²) in [5.74, 6) is -0.778. The molecule has 0 unspecified atom stereocenters. The van der Waals surface area contributed by atoms with Crippen molar-refractivity contribution < 1.29 is 35.2 Å². The highest BCUT2D eigenvalue weighted by molar-refractivity contribution is 7.90.